The van der Waals surface area contributed by atoms with Crippen molar-refractivity contribution in [1.82, 2.24) is 20.1 Å². The van der Waals surface area contributed by atoms with E-state index < -0.39 is 0 Å². The van der Waals surface area contributed by atoms with Crippen LogP contribution in [0.5, 0.6) is 0 Å². The average molecular weight is 286 g/mol. The lowest BCUT2D eigenvalue weighted by Gasteiger charge is -2.20. The summed E-state index contributed by atoms with van der Waals surface area (Å²) in [6.07, 6.45) is 3.68. The molecule has 0 aliphatic carbocycles. The fraction of sp³-hybridized carbons (Fsp3) is 0.438. The van der Waals surface area contributed by atoms with Crippen LogP contribution >= 0.6 is 0 Å². The summed E-state index contributed by atoms with van der Waals surface area (Å²) in [6.45, 7) is 8.17. The number of nitrogens with zero attached hydrogens (tertiary/aromatic N) is 3. The monoisotopic (exact) mass is 286 g/mol. The van der Waals surface area contributed by atoms with Crippen LogP contribution in [0.3, 0.4) is 0 Å². The van der Waals surface area contributed by atoms with Crippen LogP contribution in [0.15, 0.2) is 36.9 Å². The van der Waals surface area contributed by atoms with Crippen LogP contribution in [0.1, 0.15) is 45.7 Å². The number of benzene rings is 1. The van der Waals surface area contributed by atoms with Gasteiger partial charge in [0, 0.05) is 6.42 Å². The number of aromatic nitrogens is 3. The fourth-order valence-corrected chi connectivity index (χ4v) is 2.11. The first-order chi connectivity index (χ1) is 9.85. The highest BCUT2D eigenvalue weighted by atomic mass is 16.1. The Labute approximate surface area is 125 Å². The van der Waals surface area contributed by atoms with Gasteiger partial charge in [-0.15, -0.1) is 0 Å². The molecule has 21 heavy (non-hydrogen) atoms. The molecule has 0 saturated heterocycles. The second-order valence-electron chi connectivity index (χ2n) is 6.46. The van der Waals surface area contributed by atoms with Gasteiger partial charge in [0.2, 0.25) is 5.91 Å². The lowest BCUT2D eigenvalue weighted by Crippen LogP contribution is -2.29. The molecule has 1 heterocycles. The summed E-state index contributed by atoms with van der Waals surface area (Å²) >= 11 is 0. The van der Waals surface area contributed by atoms with Crippen LogP contribution in [0.25, 0.3) is 5.69 Å². The van der Waals surface area contributed by atoms with Gasteiger partial charge in [-0.3, -0.25) is 4.79 Å². The van der Waals surface area contributed by atoms with Crippen LogP contribution in [0.4, 0.5) is 0 Å². The molecule has 2 rings (SSSR count). The molecule has 0 radical (unpaired) electrons. The number of rotatable bonds is 4. The van der Waals surface area contributed by atoms with Crippen LogP contribution in [0, 0.1) is 5.41 Å². The number of carbonyl (C=O) groups excluding carboxylic acids is 1. The van der Waals surface area contributed by atoms with Gasteiger partial charge in [0.05, 0.1) is 11.7 Å². The third kappa shape index (κ3) is 4.41. The zero-order chi connectivity index (χ0) is 15.5. The minimum absolute atomic E-state index is 0.000747. The number of hydrogen-bond acceptors (Lipinski definition) is 3. The Morgan fingerprint density at radius 2 is 1.95 bits per heavy atom. The van der Waals surface area contributed by atoms with Crippen LogP contribution in [0.2, 0.25) is 0 Å². The van der Waals surface area contributed by atoms with Gasteiger partial charge in [-0.1, -0.05) is 32.9 Å². The first kappa shape index (κ1) is 15.2. The quantitative estimate of drug-likeness (QED) is 0.940. The van der Waals surface area contributed by atoms with Crippen molar-refractivity contribution >= 4 is 5.91 Å². The van der Waals surface area contributed by atoms with Crippen molar-refractivity contribution in [1.29, 1.82) is 0 Å². The van der Waals surface area contributed by atoms with E-state index >= 15 is 0 Å². The van der Waals surface area contributed by atoms with Crippen molar-refractivity contribution in [3.05, 3.63) is 42.5 Å². The highest BCUT2D eigenvalue weighted by Gasteiger charge is 2.17. The second-order valence-corrected chi connectivity index (χ2v) is 6.46. The van der Waals surface area contributed by atoms with Gasteiger partial charge in [0.15, 0.2) is 0 Å². The molecule has 5 heteroatoms. The topological polar surface area (TPSA) is 59.8 Å². The van der Waals surface area contributed by atoms with E-state index in [1.165, 1.54) is 6.33 Å². The molecule has 0 aliphatic heterocycles. The standard InChI is InChI=1S/C16H22N4O/c1-12(19-15(21)9-16(2,3)4)13-5-7-14(8-6-13)20-11-17-10-18-20/h5-8,10-12H,9H2,1-4H3,(H,19,21). The maximum absolute atomic E-state index is 12.0. The Bertz CT molecular complexity index is 582. The number of nitrogens with one attached hydrogen (secondary N) is 1. The van der Waals surface area contributed by atoms with E-state index in [0.717, 1.165) is 11.3 Å². The van der Waals surface area contributed by atoms with Gasteiger partial charge in [-0.05, 0) is 30.0 Å². The number of amides is 1. The summed E-state index contributed by atoms with van der Waals surface area (Å²) in [5, 5.41) is 7.12. The van der Waals surface area contributed by atoms with E-state index in [9.17, 15) is 4.79 Å². The zero-order valence-electron chi connectivity index (χ0n) is 13.0. The largest absolute Gasteiger partial charge is 0.350 e. The van der Waals surface area contributed by atoms with Crippen molar-refractivity contribution in [2.45, 2.75) is 40.2 Å². The highest BCUT2D eigenvalue weighted by molar-refractivity contribution is 5.77. The zero-order valence-corrected chi connectivity index (χ0v) is 13.0. The van der Waals surface area contributed by atoms with E-state index in [1.807, 2.05) is 31.2 Å². The normalized spacial score (nSPS) is 13.0. The van der Waals surface area contributed by atoms with Gasteiger partial charge in [-0.25, -0.2) is 9.67 Å². The molecule has 0 fully saturated rings. The Balaban J connectivity index is 2.00. The maximum Gasteiger partial charge on any atom is 0.220 e. The Kier molecular flexibility index (Phi) is 4.40. The van der Waals surface area contributed by atoms with Gasteiger partial charge >= 0.3 is 0 Å². The molecule has 1 atom stereocenters. The lowest BCUT2D eigenvalue weighted by atomic mass is 9.91. The summed E-state index contributed by atoms with van der Waals surface area (Å²) in [5.41, 5.74) is 2.02. The fourth-order valence-electron chi connectivity index (χ4n) is 2.11. The SMILES string of the molecule is CC(NC(=O)CC(C)(C)C)c1ccc(-n2cncn2)cc1. The van der Waals surface area contributed by atoms with Crippen molar-refractivity contribution in [2.24, 2.45) is 5.41 Å². The maximum atomic E-state index is 12.0. The van der Waals surface area contributed by atoms with Crippen LogP contribution in [-0.2, 0) is 4.79 Å². The van der Waals surface area contributed by atoms with Crippen molar-refractivity contribution < 1.29 is 4.79 Å². The average Bonchev–Trinajstić information content (AvgIpc) is 2.90. The van der Waals surface area contributed by atoms with E-state index in [0.29, 0.717) is 6.42 Å². The van der Waals surface area contributed by atoms with E-state index in [-0.39, 0.29) is 17.4 Å². The first-order valence-corrected chi connectivity index (χ1v) is 7.09. The second kappa shape index (κ2) is 6.08. The van der Waals surface area contributed by atoms with Crippen molar-refractivity contribution in [3.8, 4) is 5.69 Å². The van der Waals surface area contributed by atoms with Crippen molar-refractivity contribution in [2.75, 3.05) is 0 Å². The summed E-state index contributed by atoms with van der Waals surface area (Å²) in [5.74, 6) is 0.0790. The summed E-state index contributed by atoms with van der Waals surface area (Å²) in [6, 6.07) is 7.93. The lowest BCUT2D eigenvalue weighted by molar-refractivity contribution is -0.123. The molecular formula is C16H22N4O. The summed E-state index contributed by atoms with van der Waals surface area (Å²) < 4.78 is 1.70. The summed E-state index contributed by atoms with van der Waals surface area (Å²) in [4.78, 5) is 15.9. The Hall–Kier alpha value is -2.17. The number of carbonyl (C=O) groups is 1. The third-order valence-corrected chi connectivity index (χ3v) is 3.14. The molecule has 1 N–H and O–H groups in total. The minimum Gasteiger partial charge on any atom is -0.350 e. The van der Waals surface area contributed by atoms with E-state index in [2.05, 4.69) is 36.2 Å². The van der Waals surface area contributed by atoms with Crippen LogP contribution in [-0.4, -0.2) is 20.7 Å². The van der Waals surface area contributed by atoms with Gasteiger partial charge < -0.3 is 5.32 Å². The minimum atomic E-state index is -0.00959. The van der Waals surface area contributed by atoms with Crippen molar-refractivity contribution in [3.63, 3.8) is 0 Å². The molecular weight excluding hydrogens is 264 g/mol. The molecule has 5 nitrogen and oxygen atoms in total. The predicted molar refractivity (Wildman–Crippen MR) is 82.0 cm³/mol. The number of hydrogen-bond donors (Lipinski definition) is 1. The third-order valence-electron chi connectivity index (χ3n) is 3.14. The Morgan fingerprint density at radius 1 is 1.29 bits per heavy atom. The van der Waals surface area contributed by atoms with Gasteiger partial charge in [0.1, 0.15) is 12.7 Å². The van der Waals surface area contributed by atoms with Gasteiger partial charge in [0.25, 0.3) is 0 Å². The molecule has 1 aromatic carbocycles. The van der Waals surface area contributed by atoms with Crippen LogP contribution < -0.4 is 5.32 Å². The van der Waals surface area contributed by atoms with E-state index in [4.69, 9.17) is 0 Å². The predicted octanol–water partition coefficient (Wildman–Crippen LogP) is 2.88. The summed E-state index contributed by atoms with van der Waals surface area (Å²) in [7, 11) is 0. The Morgan fingerprint density at radius 3 is 2.48 bits per heavy atom. The molecule has 0 aliphatic rings. The molecule has 0 bridgehead atoms. The van der Waals surface area contributed by atoms with E-state index in [1.54, 1.807) is 11.0 Å². The molecule has 1 amide bonds. The molecule has 0 spiro atoms. The molecule has 1 aromatic heterocycles. The molecule has 112 valence electrons. The molecule has 0 saturated carbocycles. The van der Waals surface area contributed by atoms with Gasteiger partial charge in [-0.2, -0.15) is 5.10 Å². The molecule has 1 unspecified atom stereocenters. The smallest absolute Gasteiger partial charge is 0.220 e. The first-order valence-electron chi connectivity index (χ1n) is 7.09. The molecule has 2 aromatic rings. The highest BCUT2D eigenvalue weighted by Crippen LogP contribution is 2.20.